The van der Waals surface area contributed by atoms with Gasteiger partial charge in [-0.05, 0) is 40.2 Å². The molecule has 1 aliphatic rings. The maximum absolute atomic E-state index is 12.0. The van der Waals surface area contributed by atoms with Crippen molar-refractivity contribution in [2.45, 2.75) is 6.10 Å². The summed E-state index contributed by atoms with van der Waals surface area (Å²) in [6.45, 7) is 0. The molecule has 1 atom stereocenters. The van der Waals surface area contributed by atoms with Gasteiger partial charge < -0.3 is 10.1 Å². The highest BCUT2D eigenvalue weighted by atomic mass is 79.9. The molecule has 6 heteroatoms. The van der Waals surface area contributed by atoms with Crippen LogP contribution in [0, 0.1) is 0 Å². The van der Waals surface area contributed by atoms with Gasteiger partial charge >= 0.3 is 0 Å². The van der Waals surface area contributed by atoms with E-state index in [9.17, 15) is 4.79 Å². The monoisotopic (exact) mass is 305 g/mol. The van der Waals surface area contributed by atoms with E-state index in [0.29, 0.717) is 16.2 Å². The number of nitrogens with one attached hydrogen (secondary N) is 1. The number of carbonyl (C=O) groups excluding carboxylic acids is 1. The maximum atomic E-state index is 12.0. The topological polar surface area (TPSA) is 64.1 Å². The van der Waals surface area contributed by atoms with Gasteiger partial charge in [0.15, 0.2) is 11.6 Å². The Labute approximate surface area is 111 Å². The van der Waals surface area contributed by atoms with Gasteiger partial charge in [0.2, 0.25) is 6.10 Å². The molecule has 1 unspecified atom stereocenters. The van der Waals surface area contributed by atoms with Crippen LogP contribution < -0.4 is 10.1 Å². The third-order valence-electron chi connectivity index (χ3n) is 2.56. The Bertz CT molecular complexity index is 604. The third-order valence-corrected chi connectivity index (χ3v) is 3.00. The molecule has 18 heavy (non-hydrogen) atoms. The van der Waals surface area contributed by atoms with Crippen molar-refractivity contribution in [3.8, 4) is 5.75 Å². The molecular formula is C12H8BrN3O2. The lowest BCUT2D eigenvalue weighted by molar-refractivity contribution is -0.123. The summed E-state index contributed by atoms with van der Waals surface area (Å²) in [5.41, 5.74) is 0.760. The molecule has 0 radical (unpaired) electrons. The first-order valence-corrected chi connectivity index (χ1v) is 6.07. The summed E-state index contributed by atoms with van der Waals surface area (Å²) >= 11 is 3.24. The molecule has 3 rings (SSSR count). The van der Waals surface area contributed by atoms with Gasteiger partial charge in [-0.3, -0.25) is 9.78 Å². The molecule has 2 aromatic rings. The molecular weight excluding hydrogens is 298 g/mol. The molecule has 1 aliphatic heterocycles. The van der Waals surface area contributed by atoms with E-state index < -0.39 is 6.10 Å². The highest BCUT2D eigenvalue weighted by Gasteiger charge is 2.29. The number of aromatic nitrogens is 2. The number of halogens is 1. The quantitative estimate of drug-likeness (QED) is 0.821. The van der Waals surface area contributed by atoms with Crippen LogP contribution in [0.4, 0.5) is 5.82 Å². The molecule has 0 fully saturated rings. The molecule has 0 aliphatic carbocycles. The van der Waals surface area contributed by atoms with E-state index in [4.69, 9.17) is 4.74 Å². The number of rotatable bonds is 1. The van der Waals surface area contributed by atoms with Gasteiger partial charge in [-0.15, -0.1) is 0 Å². The van der Waals surface area contributed by atoms with Gasteiger partial charge in [0.25, 0.3) is 5.91 Å². The number of pyridine rings is 2. The van der Waals surface area contributed by atoms with E-state index in [1.165, 1.54) is 0 Å². The van der Waals surface area contributed by atoms with Crippen LogP contribution in [-0.2, 0) is 4.79 Å². The van der Waals surface area contributed by atoms with Gasteiger partial charge in [-0.25, -0.2) is 4.98 Å². The summed E-state index contributed by atoms with van der Waals surface area (Å²) in [5.74, 6) is 0.749. The smallest absolute Gasteiger partial charge is 0.271 e. The van der Waals surface area contributed by atoms with Gasteiger partial charge in [0, 0.05) is 18.0 Å². The Balaban J connectivity index is 1.97. The van der Waals surface area contributed by atoms with Crippen LogP contribution in [0.2, 0.25) is 0 Å². The summed E-state index contributed by atoms with van der Waals surface area (Å²) in [7, 11) is 0. The number of carbonyl (C=O) groups is 1. The van der Waals surface area contributed by atoms with Gasteiger partial charge in [0.1, 0.15) is 4.60 Å². The molecule has 0 aromatic carbocycles. The fourth-order valence-corrected chi connectivity index (χ4v) is 2.04. The van der Waals surface area contributed by atoms with Crippen molar-refractivity contribution in [3.63, 3.8) is 0 Å². The Kier molecular flexibility index (Phi) is 2.71. The first kappa shape index (κ1) is 11.2. The van der Waals surface area contributed by atoms with E-state index in [1.807, 2.05) is 0 Å². The van der Waals surface area contributed by atoms with Crippen LogP contribution in [0.15, 0.2) is 41.3 Å². The third kappa shape index (κ3) is 1.95. The first-order valence-electron chi connectivity index (χ1n) is 5.28. The normalized spacial score (nSPS) is 17.6. The average Bonchev–Trinajstić information content (AvgIpc) is 2.39. The minimum Gasteiger partial charge on any atom is -0.472 e. The largest absolute Gasteiger partial charge is 0.472 e. The van der Waals surface area contributed by atoms with Crippen LogP contribution in [0.1, 0.15) is 11.7 Å². The highest BCUT2D eigenvalue weighted by Crippen LogP contribution is 2.34. The second-order valence-electron chi connectivity index (χ2n) is 3.75. The number of hydrogen-bond acceptors (Lipinski definition) is 4. The first-order chi connectivity index (χ1) is 8.74. The molecule has 90 valence electrons. The fraction of sp³-hybridized carbons (Fsp3) is 0.0833. The number of anilines is 1. The van der Waals surface area contributed by atoms with E-state index in [1.54, 1.807) is 36.7 Å². The minimum absolute atomic E-state index is 0.237. The summed E-state index contributed by atoms with van der Waals surface area (Å²) in [6, 6.07) is 7.03. The molecule has 5 nitrogen and oxygen atoms in total. The van der Waals surface area contributed by atoms with E-state index in [2.05, 4.69) is 31.2 Å². The van der Waals surface area contributed by atoms with Crippen molar-refractivity contribution >= 4 is 27.7 Å². The number of amides is 1. The SMILES string of the molecule is O=C1Nc2nc(Br)ccc2OC1c1ccncc1. The van der Waals surface area contributed by atoms with Crippen molar-refractivity contribution in [3.05, 3.63) is 46.8 Å². The second kappa shape index (κ2) is 4.38. The lowest BCUT2D eigenvalue weighted by Gasteiger charge is -2.25. The maximum Gasteiger partial charge on any atom is 0.271 e. The zero-order valence-corrected chi connectivity index (χ0v) is 10.7. The molecule has 0 saturated heterocycles. The molecule has 0 bridgehead atoms. The second-order valence-corrected chi connectivity index (χ2v) is 4.56. The molecule has 0 spiro atoms. The number of hydrogen-bond donors (Lipinski definition) is 1. The Morgan fingerprint density at radius 1 is 1.22 bits per heavy atom. The van der Waals surface area contributed by atoms with Crippen LogP contribution >= 0.6 is 15.9 Å². The van der Waals surface area contributed by atoms with E-state index in [-0.39, 0.29) is 5.91 Å². The van der Waals surface area contributed by atoms with Gasteiger partial charge in [-0.1, -0.05) is 0 Å². The molecule has 0 saturated carbocycles. The van der Waals surface area contributed by atoms with E-state index in [0.717, 1.165) is 5.56 Å². The Hall–Kier alpha value is -1.95. The van der Waals surface area contributed by atoms with Crippen LogP contribution in [0.25, 0.3) is 0 Å². The number of fused-ring (bicyclic) bond motifs is 1. The minimum atomic E-state index is -0.663. The fourth-order valence-electron chi connectivity index (χ4n) is 1.73. The predicted octanol–water partition coefficient (Wildman–Crippen LogP) is 2.31. The van der Waals surface area contributed by atoms with Crippen LogP contribution in [0.3, 0.4) is 0 Å². The summed E-state index contributed by atoms with van der Waals surface area (Å²) in [4.78, 5) is 20.0. The van der Waals surface area contributed by atoms with Crippen LogP contribution in [0.5, 0.6) is 5.75 Å². The van der Waals surface area contributed by atoms with Crippen molar-refractivity contribution < 1.29 is 9.53 Å². The molecule has 2 aromatic heterocycles. The van der Waals surface area contributed by atoms with Crippen molar-refractivity contribution in [1.29, 1.82) is 0 Å². The highest BCUT2D eigenvalue weighted by molar-refractivity contribution is 9.10. The standard InChI is InChI=1S/C12H8BrN3O2/c13-9-2-1-8-11(15-9)16-12(17)10(18-8)7-3-5-14-6-4-7/h1-6,10H,(H,15,16,17). The molecule has 1 N–H and O–H groups in total. The lowest BCUT2D eigenvalue weighted by Crippen LogP contribution is -2.30. The zero-order valence-electron chi connectivity index (χ0n) is 9.13. The molecule has 3 heterocycles. The number of nitrogens with zero attached hydrogens (tertiary/aromatic N) is 2. The van der Waals surface area contributed by atoms with Gasteiger partial charge in [-0.2, -0.15) is 0 Å². The zero-order chi connectivity index (χ0) is 12.5. The number of ether oxygens (including phenoxy) is 1. The molecule has 1 amide bonds. The summed E-state index contributed by atoms with van der Waals surface area (Å²) in [5, 5.41) is 2.72. The van der Waals surface area contributed by atoms with Gasteiger partial charge in [0.05, 0.1) is 0 Å². The van der Waals surface area contributed by atoms with Crippen LogP contribution in [-0.4, -0.2) is 15.9 Å². The Morgan fingerprint density at radius 2 is 2.00 bits per heavy atom. The predicted molar refractivity (Wildman–Crippen MR) is 68.2 cm³/mol. The average molecular weight is 306 g/mol. The lowest BCUT2D eigenvalue weighted by atomic mass is 10.1. The van der Waals surface area contributed by atoms with Crippen molar-refractivity contribution in [2.24, 2.45) is 0 Å². The summed E-state index contributed by atoms with van der Waals surface area (Å²) in [6.07, 6.45) is 2.59. The van der Waals surface area contributed by atoms with Crippen molar-refractivity contribution in [2.75, 3.05) is 5.32 Å². The van der Waals surface area contributed by atoms with E-state index >= 15 is 0 Å². The summed E-state index contributed by atoms with van der Waals surface area (Å²) < 4.78 is 6.31. The van der Waals surface area contributed by atoms with Crippen molar-refractivity contribution in [1.82, 2.24) is 9.97 Å². The Morgan fingerprint density at radius 3 is 2.78 bits per heavy atom.